The Hall–Kier alpha value is -2.15. The van der Waals surface area contributed by atoms with Crippen LogP contribution < -0.4 is 5.32 Å². The normalized spacial score (nSPS) is 16.5. The first-order valence-electron chi connectivity index (χ1n) is 9.05. The maximum absolute atomic E-state index is 12.5. The van der Waals surface area contributed by atoms with Crippen LogP contribution in [0.4, 0.5) is 0 Å². The van der Waals surface area contributed by atoms with Crippen molar-refractivity contribution in [3.05, 3.63) is 34.9 Å². The van der Waals surface area contributed by atoms with Crippen molar-refractivity contribution in [1.29, 1.82) is 0 Å². The van der Waals surface area contributed by atoms with Gasteiger partial charge in [0.05, 0.1) is 11.4 Å². The molecule has 0 spiro atoms. The molecule has 0 aromatic carbocycles. The summed E-state index contributed by atoms with van der Waals surface area (Å²) in [4.78, 5) is 15.0. The average Bonchev–Trinajstić information content (AvgIpc) is 3.07. The number of nitrogens with one attached hydrogen (secondary N) is 2. The van der Waals surface area contributed by atoms with E-state index in [1.807, 2.05) is 30.7 Å². The summed E-state index contributed by atoms with van der Waals surface area (Å²) in [5, 5.41) is 14.7. The van der Waals surface area contributed by atoms with Crippen LogP contribution >= 0.6 is 0 Å². The molecule has 2 aromatic heterocycles. The third-order valence-corrected chi connectivity index (χ3v) is 4.66. The van der Waals surface area contributed by atoms with E-state index in [9.17, 15) is 4.79 Å². The lowest BCUT2D eigenvalue weighted by Crippen LogP contribution is -2.34. The molecule has 0 fully saturated rings. The molecule has 1 unspecified atom stereocenters. The van der Waals surface area contributed by atoms with Crippen molar-refractivity contribution in [2.24, 2.45) is 0 Å². The van der Waals surface area contributed by atoms with Gasteiger partial charge in [0.25, 0.3) is 5.91 Å². The first kappa shape index (κ1) is 17.7. The SMILES string of the molecule is Cc1cc(CC(C)NC(=O)c2cc3n(n2)CCCN(C(C)C)C3)n[nH]1. The Morgan fingerprint density at radius 2 is 2.12 bits per heavy atom. The molecular weight excluding hydrogens is 316 g/mol. The number of fused-ring (bicyclic) bond motifs is 1. The lowest BCUT2D eigenvalue weighted by Gasteiger charge is -2.23. The highest BCUT2D eigenvalue weighted by atomic mass is 16.2. The fourth-order valence-corrected chi connectivity index (χ4v) is 3.28. The van der Waals surface area contributed by atoms with Gasteiger partial charge in [-0.3, -0.25) is 19.5 Å². The van der Waals surface area contributed by atoms with E-state index in [1.165, 1.54) is 0 Å². The molecule has 0 aliphatic carbocycles. The van der Waals surface area contributed by atoms with Crippen molar-refractivity contribution in [1.82, 2.24) is 30.2 Å². The highest BCUT2D eigenvalue weighted by Gasteiger charge is 2.21. The molecule has 1 amide bonds. The number of rotatable bonds is 5. The molecule has 0 radical (unpaired) electrons. The van der Waals surface area contributed by atoms with Crippen molar-refractivity contribution >= 4 is 5.91 Å². The predicted molar refractivity (Wildman–Crippen MR) is 96.3 cm³/mol. The zero-order chi connectivity index (χ0) is 18.0. The zero-order valence-corrected chi connectivity index (χ0v) is 15.5. The maximum atomic E-state index is 12.5. The molecule has 3 heterocycles. The summed E-state index contributed by atoms with van der Waals surface area (Å²) >= 11 is 0. The summed E-state index contributed by atoms with van der Waals surface area (Å²) in [5.74, 6) is -0.114. The van der Waals surface area contributed by atoms with E-state index >= 15 is 0 Å². The molecule has 2 N–H and O–H groups in total. The van der Waals surface area contributed by atoms with E-state index in [-0.39, 0.29) is 11.9 Å². The molecule has 25 heavy (non-hydrogen) atoms. The Kier molecular flexibility index (Phi) is 5.22. The summed E-state index contributed by atoms with van der Waals surface area (Å²) in [6.07, 6.45) is 1.76. The first-order chi connectivity index (χ1) is 11.9. The van der Waals surface area contributed by atoms with Crippen LogP contribution in [0, 0.1) is 6.92 Å². The molecular formula is C18H28N6O. The summed E-state index contributed by atoms with van der Waals surface area (Å²) in [6, 6.07) is 4.43. The van der Waals surface area contributed by atoms with Crippen LogP contribution in [-0.2, 0) is 19.5 Å². The van der Waals surface area contributed by atoms with Crippen molar-refractivity contribution in [3.8, 4) is 0 Å². The van der Waals surface area contributed by atoms with E-state index in [4.69, 9.17) is 0 Å². The third-order valence-electron chi connectivity index (χ3n) is 4.66. The molecule has 3 rings (SSSR count). The average molecular weight is 344 g/mol. The Morgan fingerprint density at radius 3 is 2.80 bits per heavy atom. The van der Waals surface area contributed by atoms with Gasteiger partial charge >= 0.3 is 0 Å². The van der Waals surface area contributed by atoms with Crippen LogP contribution in [0.3, 0.4) is 0 Å². The molecule has 0 saturated heterocycles. The van der Waals surface area contributed by atoms with E-state index in [0.717, 1.165) is 43.1 Å². The minimum Gasteiger partial charge on any atom is -0.348 e. The molecule has 2 aromatic rings. The van der Waals surface area contributed by atoms with Gasteiger partial charge in [0, 0.05) is 43.8 Å². The van der Waals surface area contributed by atoms with E-state index in [2.05, 4.69) is 39.4 Å². The Labute approximate surface area is 148 Å². The fraction of sp³-hybridized carbons (Fsp3) is 0.611. The van der Waals surface area contributed by atoms with Gasteiger partial charge < -0.3 is 5.32 Å². The lowest BCUT2D eigenvalue weighted by atomic mass is 10.1. The standard InChI is InChI=1S/C18H28N6O/c1-12(2)23-6-5-7-24-16(11-23)10-17(22-24)18(25)19-13(3)8-15-9-14(4)20-21-15/h9-10,12-13H,5-8,11H2,1-4H3,(H,19,25)(H,20,21). The number of hydrogen-bond donors (Lipinski definition) is 2. The van der Waals surface area contributed by atoms with Gasteiger partial charge in [0.1, 0.15) is 5.69 Å². The second-order valence-corrected chi connectivity index (χ2v) is 7.28. The number of amides is 1. The molecule has 7 heteroatoms. The fourth-order valence-electron chi connectivity index (χ4n) is 3.28. The van der Waals surface area contributed by atoms with Crippen LogP contribution in [0.2, 0.25) is 0 Å². The maximum Gasteiger partial charge on any atom is 0.272 e. The molecule has 7 nitrogen and oxygen atoms in total. The Balaban J connectivity index is 1.64. The minimum absolute atomic E-state index is 0.00358. The summed E-state index contributed by atoms with van der Waals surface area (Å²) in [5.41, 5.74) is 3.61. The molecule has 1 atom stereocenters. The number of aromatic nitrogens is 4. The van der Waals surface area contributed by atoms with E-state index in [1.54, 1.807) is 0 Å². The molecule has 1 aliphatic heterocycles. The van der Waals surface area contributed by atoms with Crippen molar-refractivity contribution in [2.45, 2.75) is 65.7 Å². The summed E-state index contributed by atoms with van der Waals surface area (Å²) < 4.78 is 1.99. The summed E-state index contributed by atoms with van der Waals surface area (Å²) in [6.45, 7) is 11.2. The zero-order valence-electron chi connectivity index (χ0n) is 15.5. The van der Waals surface area contributed by atoms with Gasteiger partial charge in [-0.25, -0.2) is 0 Å². The van der Waals surface area contributed by atoms with Gasteiger partial charge in [0.15, 0.2) is 0 Å². The largest absolute Gasteiger partial charge is 0.348 e. The molecule has 0 saturated carbocycles. The third kappa shape index (κ3) is 4.28. The van der Waals surface area contributed by atoms with Crippen LogP contribution in [0.15, 0.2) is 12.1 Å². The molecule has 0 bridgehead atoms. The van der Waals surface area contributed by atoms with Gasteiger partial charge in [-0.15, -0.1) is 0 Å². The van der Waals surface area contributed by atoms with Crippen LogP contribution in [0.5, 0.6) is 0 Å². The summed E-state index contributed by atoms with van der Waals surface area (Å²) in [7, 11) is 0. The Morgan fingerprint density at radius 1 is 1.32 bits per heavy atom. The van der Waals surface area contributed by atoms with Gasteiger partial charge in [-0.1, -0.05) is 0 Å². The smallest absolute Gasteiger partial charge is 0.272 e. The number of aromatic amines is 1. The number of carbonyl (C=O) groups is 1. The number of hydrogen-bond acceptors (Lipinski definition) is 4. The van der Waals surface area contributed by atoms with Crippen molar-refractivity contribution < 1.29 is 4.79 Å². The number of nitrogens with zero attached hydrogens (tertiary/aromatic N) is 4. The van der Waals surface area contributed by atoms with Gasteiger partial charge in [0.2, 0.25) is 0 Å². The molecule has 1 aliphatic rings. The van der Waals surface area contributed by atoms with Crippen molar-refractivity contribution in [2.75, 3.05) is 6.54 Å². The number of aryl methyl sites for hydroxylation is 2. The monoisotopic (exact) mass is 344 g/mol. The first-order valence-corrected chi connectivity index (χ1v) is 9.05. The van der Waals surface area contributed by atoms with Crippen LogP contribution in [-0.4, -0.2) is 49.4 Å². The predicted octanol–water partition coefficient (Wildman–Crippen LogP) is 1.89. The van der Waals surface area contributed by atoms with Gasteiger partial charge in [-0.2, -0.15) is 10.2 Å². The number of H-pyrrole nitrogens is 1. The van der Waals surface area contributed by atoms with E-state index in [0.29, 0.717) is 18.2 Å². The van der Waals surface area contributed by atoms with Gasteiger partial charge in [-0.05, 0) is 46.2 Å². The minimum atomic E-state index is -0.114. The van der Waals surface area contributed by atoms with Crippen LogP contribution in [0.25, 0.3) is 0 Å². The second-order valence-electron chi connectivity index (χ2n) is 7.28. The number of carbonyl (C=O) groups excluding carboxylic acids is 1. The molecule has 136 valence electrons. The second kappa shape index (κ2) is 7.39. The highest BCUT2D eigenvalue weighted by molar-refractivity contribution is 5.92. The highest BCUT2D eigenvalue weighted by Crippen LogP contribution is 2.16. The lowest BCUT2D eigenvalue weighted by molar-refractivity contribution is 0.0934. The van der Waals surface area contributed by atoms with E-state index < -0.39 is 0 Å². The topological polar surface area (TPSA) is 78.8 Å². The van der Waals surface area contributed by atoms with Crippen LogP contribution in [0.1, 0.15) is 54.8 Å². The quantitative estimate of drug-likeness (QED) is 0.868. The van der Waals surface area contributed by atoms with Crippen molar-refractivity contribution in [3.63, 3.8) is 0 Å². The Bertz CT molecular complexity index is 732.